The van der Waals surface area contributed by atoms with Crippen LogP contribution in [0.3, 0.4) is 0 Å². The standard InChI is InChI=1S/C24H33N3O3/c1-30-19-6-2-5-16(11-19)12-22-18-13-17(21-8-3-9-23(28)27(21)22)14-26(15-18)24(29)20-7-4-10-25-20/h2,5-6,11,17-18,20-22,25H,3-4,7-10,12-15H2,1H3/t17-,18+,20+,21+,22+/m1/s1. The zero-order valence-electron chi connectivity index (χ0n) is 17.9. The Balaban J connectivity index is 1.41. The number of rotatable bonds is 4. The smallest absolute Gasteiger partial charge is 0.239 e. The van der Waals surface area contributed by atoms with E-state index in [9.17, 15) is 9.59 Å². The van der Waals surface area contributed by atoms with E-state index in [-0.39, 0.29) is 24.0 Å². The van der Waals surface area contributed by atoms with Gasteiger partial charge >= 0.3 is 0 Å². The highest BCUT2D eigenvalue weighted by Crippen LogP contribution is 2.43. The van der Waals surface area contributed by atoms with Gasteiger partial charge in [0.05, 0.1) is 13.2 Å². The number of hydrogen-bond donors (Lipinski definition) is 1. The van der Waals surface area contributed by atoms with Gasteiger partial charge in [0.1, 0.15) is 5.75 Å². The molecule has 4 aliphatic heterocycles. The Morgan fingerprint density at radius 1 is 1.20 bits per heavy atom. The van der Waals surface area contributed by atoms with Crippen LogP contribution in [0.1, 0.15) is 44.1 Å². The fourth-order valence-corrected chi connectivity index (χ4v) is 6.37. The summed E-state index contributed by atoms with van der Waals surface area (Å²) >= 11 is 0. The molecule has 0 aliphatic carbocycles. The van der Waals surface area contributed by atoms with E-state index in [1.54, 1.807) is 7.11 Å². The molecule has 0 unspecified atom stereocenters. The predicted molar refractivity (Wildman–Crippen MR) is 114 cm³/mol. The Bertz CT molecular complexity index is 807. The Morgan fingerprint density at radius 3 is 2.87 bits per heavy atom. The van der Waals surface area contributed by atoms with Crippen molar-refractivity contribution in [2.45, 2.75) is 63.1 Å². The van der Waals surface area contributed by atoms with E-state index >= 15 is 0 Å². The van der Waals surface area contributed by atoms with Gasteiger partial charge in [-0.05, 0) is 74.6 Å². The summed E-state index contributed by atoms with van der Waals surface area (Å²) in [6, 6.07) is 8.65. The van der Waals surface area contributed by atoms with Gasteiger partial charge in [-0.25, -0.2) is 0 Å². The molecule has 0 spiro atoms. The van der Waals surface area contributed by atoms with Gasteiger partial charge in [-0.2, -0.15) is 0 Å². The van der Waals surface area contributed by atoms with Crippen molar-refractivity contribution in [3.63, 3.8) is 0 Å². The van der Waals surface area contributed by atoms with Crippen LogP contribution < -0.4 is 10.1 Å². The second-order valence-electron chi connectivity index (χ2n) is 9.53. The van der Waals surface area contributed by atoms with E-state index < -0.39 is 0 Å². The molecule has 1 aromatic carbocycles. The van der Waals surface area contributed by atoms with E-state index in [1.165, 1.54) is 5.56 Å². The van der Waals surface area contributed by atoms with E-state index in [1.807, 2.05) is 12.1 Å². The second-order valence-corrected chi connectivity index (χ2v) is 9.53. The zero-order chi connectivity index (χ0) is 20.7. The number of fused-ring (bicyclic) bond motifs is 4. The van der Waals surface area contributed by atoms with Gasteiger partial charge in [0.25, 0.3) is 0 Å². The van der Waals surface area contributed by atoms with Crippen molar-refractivity contribution < 1.29 is 14.3 Å². The van der Waals surface area contributed by atoms with Crippen molar-refractivity contribution in [3.8, 4) is 5.75 Å². The lowest BCUT2D eigenvalue weighted by atomic mass is 9.70. The molecule has 162 valence electrons. The van der Waals surface area contributed by atoms with Crippen LogP contribution in [0.4, 0.5) is 0 Å². The van der Waals surface area contributed by atoms with Crippen molar-refractivity contribution in [2.75, 3.05) is 26.7 Å². The molecule has 4 heterocycles. The number of amides is 2. The number of hydrogen-bond acceptors (Lipinski definition) is 4. The molecule has 0 aromatic heterocycles. The summed E-state index contributed by atoms with van der Waals surface area (Å²) in [5.41, 5.74) is 1.20. The van der Waals surface area contributed by atoms with Gasteiger partial charge in [-0.1, -0.05) is 12.1 Å². The van der Waals surface area contributed by atoms with E-state index in [2.05, 4.69) is 27.2 Å². The third-order valence-corrected chi connectivity index (χ3v) is 7.75. The first-order valence-electron chi connectivity index (χ1n) is 11.6. The monoisotopic (exact) mass is 411 g/mol. The van der Waals surface area contributed by atoms with E-state index in [0.29, 0.717) is 24.2 Å². The molecule has 2 amide bonds. The van der Waals surface area contributed by atoms with Crippen LogP contribution in [0, 0.1) is 11.8 Å². The summed E-state index contributed by atoms with van der Waals surface area (Å²) in [5.74, 6) is 2.21. The van der Waals surface area contributed by atoms with Gasteiger partial charge in [0.15, 0.2) is 0 Å². The first-order valence-corrected chi connectivity index (χ1v) is 11.6. The van der Waals surface area contributed by atoms with Crippen LogP contribution in [-0.2, 0) is 16.0 Å². The highest BCUT2D eigenvalue weighted by molar-refractivity contribution is 5.82. The molecule has 4 saturated heterocycles. The summed E-state index contributed by atoms with van der Waals surface area (Å²) < 4.78 is 5.42. The molecule has 1 aromatic rings. The lowest BCUT2D eigenvalue weighted by Crippen LogP contribution is -2.66. The third-order valence-electron chi connectivity index (χ3n) is 7.75. The number of nitrogens with one attached hydrogen (secondary N) is 1. The highest BCUT2D eigenvalue weighted by atomic mass is 16.5. The summed E-state index contributed by atoms with van der Waals surface area (Å²) in [5, 5.41) is 3.38. The van der Waals surface area contributed by atoms with Crippen LogP contribution in [-0.4, -0.2) is 66.5 Å². The number of nitrogens with zero attached hydrogens (tertiary/aromatic N) is 2. The predicted octanol–water partition coefficient (Wildman–Crippen LogP) is 2.22. The van der Waals surface area contributed by atoms with Crippen LogP contribution in [0.15, 0.2) is 24.3 Å². The zero-order valence-corrected chi connectivity index (χ0v) is 17.9. The fourth-order valence-electron chi connectivity index (χ4n) is 6.37. The molecular weight excluding hydrogens is 378 g/mol. The number of carbonyl (C=O) groups excluding carboxylic acids is 2. The number of carbonyl (C=O) groups is 2. The molecule has 6 heteroatoms. The summed E-state index contributed by atoms with van der Waals surface area (Å²) in [6.07, 6.45) is 6.71. The number of ether oxygens (including phenoxy) is 1. The molecule has 1 N–H and O–H groups in total. The van der Waals surface area contributed by atoms with Gasteiger partial charge in [0.2, 0.25) is 11.8 Å². The topological polar surface area (TPSA) is 61.9 Å². The summed E-state index contributed by atoms with van der Waals surface area (Å²) in [6.45, 7) is 2.53. The maximum absolute atomic E-state index is 13.2. The molecule has 5 atom stereocenters. The molecule has 4 aliphatic rings. The molecule has 4 fully saturated rings. The molecular formula is C24H33N3O3. The van der Waals surface area contributed by atoms with Crippen molar-refractivity contribution >= 4 is 11.8 Å². The van der Waals surface area contributed by atoms with Crippen LogP contribution >= 0.6 is 0 Å². The Hall–Kier alpha value is -2.08. The lowest BCUT2D eigenvalue weighted by molar-refractivity contribution is -0.156. The van der Waals surface area contributed by atoms with Crippen molar-refractivity contribution in [1.82, 2.24) is 15.1 Å². The quantitative estimate of drug-likeness (QED) is 0.825. The van der Waals surface area contributed by atoms with Crippen LogP contribution in [0.5, 0.6) is 5.75 Å². The molecule has 0 saturated carbocycles. The molecule has 30 heavy (non-hydrogen) atoms. The average Bonchev–Trinajstić information content (AvgIpc) is 3.31. The Labute approximate surface area is 178 Å². The van der Waals surface area contributed by atoms with Gasteiger partial charge < -0.3 is 19.9 Å². The SMILES string of the molecule is COc1cccc(C[C@H]2[C@H]3C[C@H](CN(C(=O)[C@@H]4CCCN4)C3)[C@@H]3CCCC(=O)N32)c1. The van der Waals surface area contributed by atoms with Crippen molar-refractivity contribution in [3.05, 3.63) is 29.8 Å². The largest absolute Gasteiger partial charge is 0.497 e. The van der Waals surface area contributed by atoms with Crippen LogP contribution in [0.25, 0.3) is 0 Å². The maximum Gasteiger partial charge on any atom is 0.239 e. The van der Waals surface area contributed by atoms with Crippen molar-refractivity contribution in [2.24, 2.45) is 11.8 Å². The number of likely N-dealkylation sites (tertiary alicyclic amines) is 1. The first-order chi connectivity index (χ1) is 14.6. The average molecular weight is 412 g/mol. The van der Waals surface area contributed by atoms with E-state index in [4.69, 9.17) is 4.74 Å². The van der Waals surface area contributed by atoms with Gasteiger partial charge in [0, 0.05) is 31.6 Å². The Kier molecular flexibility index (Phi) is 5.44. The molecule has 5 rings (SSSR count). The summed E-state index contributed by atoms with van der Waals surface area (Å²) in [7, 11) is 1.69. The minimum atomic E-state index is -0.00949. The second kappa shape index (κ2) is 8.22. The Morgan fingerprint density at radius 2 is 2.07 bits per heavy atom. The van der Waals surface area contributed by atoms with E-state index in [0.717, 1.165) is 63.9 Å². The number of benzene rings is 1. The fraction of sp³-hybridized carbons (Fsp3) is 0.667. The third kappa shape index (κ3) is 3.59. The maximum atomic E-state index is 13.2. The van der Waals surface area contributed by atoms with Crippen molar-refractivity contribution in [1.29, 1.82) is 0 Å². The number of piperidine rings is 3. The number of methoxy groups -OCH3 is 1. The minimum absolute atomic E-state index is 0.00949. The molecule has 2 bridgehead atoms. The molecule has 6 nitrogen and oxygen atoms in total. The summed E-state index contributed by atoms with van der Waals surface area (Å²) in [4.78, 5) is 30.5. The van der Waals surface area contributed by atoms with Gasteiger partial charge in [-0.15, -0.1) is 0 Å². The molecule has 0 radical (unpaired) electrons. The first kappa shape index (κ1) is 19.9. The van der Waals surface area contributed by atoms with Gasteiger partial charge in [-0.3, -0.25) is 9.59 Å². The van der Waals surface area contributed by atoms with Crippen LogP contribution in [0.2, 0.25) is 0 Å². The lowest BCUT2D eigenvalue weighted by Gasteiger charge is -2.57. The highest BCUT2D eigenvalue weighted by Gasteiger charge is 2.50. The minimum Gasteiger partial charge on any atom is -0.497 e. The normalized spacial score (nSPS) is 33.4.